The molecule has 0 atom stereocenters. The molecule has 0 bridgehead atoms. The summed E-state index contributed by atoms with van der Waals surface area (Å²) in [5.74, 6) is -0.110. The molecule has 6 heteroatoms. The van der Waals surface area contributed by atoms with Gasteiger partial charge in [0, 0.05) is 5.56 Å². The van der Waals surface area contributed by atoms with E-state index in [1.54, 1.807) is 36.4 Å². The van der Waals surface area contributed by atoms with Gasteiger partial charge in [-0.25, -0.2) is 8.42 Å². The van der Waals surface area contributed by atoms with Gasteiger partial charge < -0.3 is 4.42 Å². The van der Waals surface area contributed by atoms with E-state index in [1.807, 2.05) is 31.2 Å². The molecule has 0 aliphatic rings. The van der Waals surface area contributed by atoms with Crippen LogP contribution in [0.25, 0.3) is 11.5 Å². The van der Waals surface area contributed by atoms with Crippen LogP contribution in [0.2, 0.25) is 0 Å². The highest BCUT2D eigenvalue weighted by Crippen LogP contribution is 2.28. The summed E-state index contributed by atoms with van der Waals surface area (Å²) in [4.78, 5) is 4.06. The largest absolute Gasteiger partial charge is 0.423 e. The fourth-order valence-corrected chi connectivity index (χ4v) is 3.73. The minimum Gasteiger partial charge on any atom is -0.423 e. The summed E-state index contributed by atoms with van der Waals surface area (Å²) in [6.07, 6.45) is 0. The van der Waals surface area contributed by atoms with Crippen molar-refractivity contribution in [3.05, 3.63) is 71.4 Å². The van der Waals surface area contributed by atoms with E-state index in [4.69, 9.17) is 4.42 Å². The van der Waals surface area contributed by atoms with Crippen LogP contribution in [0.1, 0.15) is 16.8 Å². The predicted molar refractivity (Wildman–Crippen MR) is 88.7 cm³/mol. The molecule has 0 saturated carbocycles. The highest BCUT2D eigenvalue weighted by atomic mass is 32.2. The third-order valence-electron chi connectivity index (χ3n) is 3.56. The molecule has 0 aliphatic carbocycles. The lowest BCUT2D eigenvalue weighted by atomic mass is 10.1. The molecule has 0 aliphatic heterocycles. The Labute approximate surface area is 140 Å². The zero-order valence-electron chi connectivity index (χ0n) is 12.9. The average molecular weight is 338 g/mol. The Kier molecular flexibility index (Phi) is 4.19. The second-order valence-corrected chi connectivity index (χ2v) is 7.22. The van der Waals surface area contributed by atoms with E-state index in [9.17, 15) is 13.7 Å². The second kappa shape index (κ2) is 6.30. The van der Waals surface area contributed by atoms with Gasteiger partial charge in [0.15, 0.2) is 5.69 Å². The maximum atomic E-state index is 12.6. The Morgan fingerprint density at radius 3 is 2.42 bits per heavy atom. The lowest BCUT2D eigenvalue weighted by Crippen LogP contribution is -2.05. The van der Waals surface area contributed by atoms with E-state index in [1.165, 1.54) is 0 Å². The van der Waals surface area contributed by atoms with Gasteiger partial charge in [0.1, 0.15) is 6.07 Å². The van der Waals surface area contributed by atoms with Gasteiger partial charge in [-0.15, -0.1) is 0 Å². The standard InChI is InChI=1S/C18H14N2O3S/c1-13-7-5-6-10-15(13)17-20-16(11-19)18(23-17)24(21,22)12-14-8-3-2-4-9-14/h2-10H,12H2,1H3. The Morgan fingerprint density at radius 1 is 1.08 bits per heavy atom. The summed E-state index contributed by atoms with van der Waals surface area (Å²) < 4.78 is 30.7. The number of benzene rings is 2. The Bertz CT molecular complexity index is 1020. The fraction of sp³-hybridized carbons (Fsp3) is 0.111. The number of sulfone groups is 1. The van der Waals surface area contributed by atoms with Crippen molar-refractivity contribution in [2.75, 3.05) is 0 Å². The van der Waals surface area contributed by atoms with Gasteiger partial charge in [-0.05, 0) is 24.1 Å². The van der Waals surface area contributed by atoms with E-state index in [0.29, 0.717) is 11.1 Å². The monoisotopic (exact) mass is 338 g/mol. The second-order valence-electron chi connectivity index (χ2n) is 5.33. The van der Waals surface area contributed by atoms with Crippen molar-refractivity contribution in [2.24, 2.45) is 0 Å². The first-order valence-electron chi connectivity index (χ1n) is 7.25. The molecule has 0 amide bonds. The van der Waals surface area contributed by atoms with Gasteiger partial charge in [-0.2, -0.15) is 10.2 Å². The molecule has 24 heavy (non-hydrogen) atoms. The van der Waals surface area contributed by atoms with Crippen molar-refractivity contribution < 1.29 is 12.8 Å². The maximum absolute atomic E-state index is 12.6. The highest BCUT2D eigenvalue weighted by Gasteiger charge is 2.27. The number of rotatable bonds is 4. The number of nitriles is 1. The van der Waals surface area contributed by atoms with Gasteiger partial charge in [0.2, 0.25) is 15.7 Å². The molecule has 0 saturated heterocycles. The third-order valence-corrected chi connectivity index (χ3v) is 5.11. The summed E-state index contributed by atoms with van der Waals surface area (Å²) in [5, 5.41) is 8.86. The molecule has 0 unspecified atom stereocenters. The Hall–Kier alpha value is -2.91. The van der Waals surface area contributed by atoms with Crippen LogP contribution in [0.5, 0.6) is 0 Å². The van der Waals surface area contributed by atoms with Crippen LogP contribution >= 0.6 is 0 Å². The van der Waals surface area contributed by atoms with Crippen LogP contribution in [0.15, 0.2) is 64.1 Å². The van der Waals surface area contributed by atoms with Crippen LogP contribution in [0, 0.1) is 18.3 Å². The van der Waals surface area contributed by atoms with Crippen molar-refractivity contribution in [1.82, 2.24) is 4.98 Å². The van der Waals surface area contributed by atoms with Crippen LogP contribution in [0.4, 0.5) is 0 Å². The molecule has 0 spiro atoms. The van der Waals surface area contributed by atoms with Gasteiger partial charge in [0.05, 0.1) is 5.75 Å². The van der Waals surface area contributed by atoms with Crippen molar-refractivity contribution in [3.63, 3.8) is 0 Å². The van der Waals surface area contributed by atoms with E-state index in [0.717, 1.165) is 5.56 Å². The zero-order valence-corrected chi connectivity index (χ0v) is 13.7. The number of hydrogen-bond donors (Lipinski definition) is 0. The van der Waals surface area contributed by atoms with Crippen molar-refractivity contribution in [2.45, 2.75) is 17.8 Å². The predicted octanol–water partition coefficient (Wildman–Crippen LogP) is 3.50. The Morgan fingerprint density at radius 2 is 1.75 bits per heavy atom. The molecule has 5 nitrogen and oxygen atoms in total. The molecule has 3 aromatic rings. The van der Waals surface area contributed by atoms with E-state index in [-0.39, 0.29) is 22.4 Å². The van der Waals surface area contributed by atoms with Crippen LogP contribution < -0.4 is 0 Å². The molecule has 1 aromatic heterocycles. The van der Waals surface area contributed by atoms with Crippen molar-refractivity contribution >= 4 is 9.84 Å². The molecular weight excluding hydrogens is 324 g/mol. The fourth-order valence-electron chi connectivity index (χ4n) is 2.37. The highest BCUT2D eigenvalue weighted by molar-refractivity contribution is 7.90. The molecule has 0 N–H and O–H groups in total. The van der Waals surface area contributed by atoms with E-state index < -0.39 is 9.84 Å². The van der Waals surface area contributed by atoms with Crippen LogP contribution in [-0.2, 0) is 15.6 Å². The number of aromatic nitrogens is 1. The SMILES string of the molecule is Cc1ccccc1-c1nc(C#N)c(S(=O)(=O)Cc2ccccc2)o1. The summed E-state index contributed by atoms with van der Waals surface area (Å²) in [6, 6.07) is 17.9. The summed E-state index contributed by atoms with van der Waals surface area (Å²) in [6.45, 7) is 1.86. The number of aryl methyl sites for hydroxylation is 1. The van der Waals surface area contributed by atoms with Gasteiger partial charge >= 0.3 is 0 Å². The van der Waals surface area contributed by atoms with E-state index >= 15 is 0 Å². The quantitative estimate of drug-likeness (QED) is 0.727. The smallest absolute Gasteiger partial charge is 0.257 e. The number of nitrogens with zero attached hydrogens (tertiary/aromatic N) is 2. The average Bonchev–Trinajstić information content (AvgIpc) is 3.01. The first kappa shape index (κ1) is 16.0. The molecular formula is C18H14N2O3S. The number of oxazole rings is 1. The third kappa shape index (κ3) is 3.07. The summed E-state index contributed by atoms with van der Waals surface area (Å²) in [5.41, 5.74) is 1.95. The maximum Gasteiger partial charge on any atom is 0.257 e. The lowest BCUT2D eigenvalue weighted by molar-refractivity contribution is 0.457. The van der Waals surface area contributed by atoms with Crippen LogP contribution in [0.3, 0.4) is 0 Å². The van der Waals surface area contributed by atoms with E-state index in [2.05, 4.69) is 4.98 Å². The molecule has 120 valence electrons. The minimum absolute atomic E-state index is 0.135. The van der Waals surface area contributed by atoms with Gasteiger partial charge in [0.25, 0.3) is 5.09 Å². The minimum atomic E-state index is -3.81. The topological polar surface area (TPSA) is 84.0 Å². The van der Waals surface area contributed by atoms with Gasteiger partial charge in [-0.1, -0.05) is 48.5 Å². The number of hydrogen-bond acceptors (Lipinski definition) is 5. The van der Waals surface area contributed by atoms with Crippen molar-refractivity contribution in [3.8, 4) is 17.5 Å². The molecule has 0 radical (unpaired) electrons. The molecule has 1 heterocycles. The zero-order chi connectivity index (χ0) is 17.2. The van der Waals surface area contributed by atoms with Crippen molar-refractivity contribution in [1.29, 1.82) is 5.26 Å². The summed E-state index contributed by atoms with van der Waals surface area (Å²) in [7, 11) is -3.81. The Balaban J connectivity index is 2.05. The molecule has 0 fully saturated rings. The van der Waals surface area contributed by atoms with Crippen LogP contribution in [-0.4, -0.2) is 13.4 Å². The lowest BCUT2D eigenvalue weighted by Gasteiger charge is -2.02. The van der Waals surface area contributed by atoms with Gasteiger partial charge in [-0.3, -0.25) is 0 Å². The molecule has 3 rings (SSSR count). The normalized spacial score (nSPS) is 11.2. The summed E-state index contributed by atoms with van der Waals surface area (Å²) >= 11 is 0. The molecule has 2 aromatic carbocycles. The first-order chi connectivity index (χ1) is 11.5. The first-order valence-corrected chi connectivity index (χ1v) is 8.90.